The van der Waals surface area contributed by atoms with Crippen LogP contribution in [0.4, 0.5) is 25.0 Å². The normalized spacial score (nSPS) is 10.6. The van der Waals surface area contributed by atoms with Crippen LogP contribution in [0.5, 0.6) is 5.75 Å². The second-order valence-corrected chi connectivity index (χ2v) is 6.13. The minimum Gasteiger partial charge on any atom is -0.409 e. The lowest BCUT2D eigenvalue weighted by atomic mass is 10.1. The quantitative estimate of drug-likeness (QED) is 0.411. The Morgan fingerprint density at radius 2 is 1.21 bits per heavy atom. The maximum absolute atomic E-state index is 13.3. The molecule has 0 saturated carbocycles. The van der Waals surface area contributed by atoms with Crippen molar-refractivity contribution in [2.24, 2.45) is 0 Å². The number of ether oxygens (including phenoxy) is 1. The summed E-state index contributed by atoms with van der Waals surface area (Å²) in [5.74, 6) is -0.451. The number of amides is 1. The Kier molecular flexibility index (Phi) is 4.72. The molecule has 4 aromatic carbocycles. The molecule has 0 spiro atoms. The lowest BCUT2D eigenvalue weighted by Gasteiger charge is -2.22. The first-order valence-electron chi connectivity index (χ1n) is 8.63. The number of nitrogens with zero attached hydrogens (tertiary/aromatic N) is 1. The summed E-state index contributed by atoms with van der Waals surface area (Å²) in [6, 6.07) is 23.8. The molecule has 0 unspecified atom stereocenters. The van der Waals surface area contributed by atoms with Gasteiger partial charge in [0.2, 0.25) is 0 Å². The summed E-state index contributed by atoms with van der Waals surface area (Å²) in [5.41, 5.74) is 0.802. The van der Waals surface area contributed by atoms with Gasteiger partial charge in [0.15, 0.2) is 0 Å². The summed E-state index contributed by atoms with van der Waals surface area (Å²) in [4.78, 5) is 14.3. The lowest BCUT2D eigenvalue weighted by molar-refractivity contribution is 0.211. The molecule has 0 heterocycles. The summed E-state index contributed by atoms with van der Waals surface area (Å²) in [6.45, 7) is 0. The van der Waals surface area contributed by atoms with Gasteiger partial charge in [0.05, 0.1) is 11.4 Å². The van der Waals surface area contributed by atoms with Crippen molar-refractivity contribution in [3.63, 3.8) is 0 Å². The van der Waals surface area contributed by atoms with Gasteiger partial charge in [-0.2, -0.15) is 0 Å². The zero-order valence-corrected chi connectivity index (χ0v) is 14.7. The Bertz CT molecular complexity index is 1070. The first-order valence-corrected chi connectivity index (χ1v) is 8.63. The third-order valence-electron chi connectivity index (χ3n) is 4.30. The molecule has 0 atom stereocenters. The van der Waals surface area contributed by atoms with Gasteiger partial charge >= 0.3 is 6.09 Å². The van der Waals surface area contributed by atoms with Crippen molar-refractivity contribution in [2.45, 2.75) is 0 Å². The van der Waals surface area contributed by atoms with Crippen LogP contribution in [-0.2, 0) is 0 Å². The van der Waals surface area contributed by atoms with E-state index < -0.39 is 17.7 Å². The van der Waals surface area contributed by atoms with Crippen LogP contribution >= 0.6 is 0 Å². The highest BCUT2D eigenvalue weighted by Gasteiger charge is 2.21. The van der Waals surface area contributed by atoms with E-state index in [1.807, 2.05) is 30.3 Å². The fraction of sp³-hybridized carbons (Fsp3) is 0. The van der Waals surface area contributed by atoms with Crippen LogP contribution in [0.2, 0.25) is 0 Å². The third-order valence-corrected chi connectivity index (χ3v) is 4.30. The van der Waals surface area contributed by atoms with Crippen molar-refractivity contribution >= 4 is 28.2 Å². The fourth-order valence-corrected chi connectivity index (χ4v) is 2.96. The molecule has 0 fully saturated rings. The molecule has 1 amide bonds. The Balaban J connectivity index is 1.74. The summed E-state index contributed by atoms with van der Waals surface area (Å²) in [5, 5.41) is 1.72. The minimum atomic E-state index is -0.686. The van der Waals surface area contributed by atoms with E-state index in [9.17, 15) is 13.6 Å². The Morgan fingerprint density at radius 1 is 0.679 bits per heavy atom. The first kappa shape index (κ1) is 17.7. The van der Waals surface area contributed by atoms with Gasteiger partial charge in [-0.05, 0) is 60.0 Å². The van der Waals surface area contributed by atoms with Gasteiger partial charge in [0.1, 0.15) is 17.4 Å². The number of hydrogen-bond donors (Lipinski definition) is 0. The molecular formula is C23H15F2NO2. The molecule has 0 bridgehead atoms. The second-order valence-electron chi connectivity index (χ2n) is 6.13. The van der Waals surface area contributed by atoms with Gasteiger partial charge < -0.3 is 4.74 Å². The van der Waals surface area contributed by atoms with Crippen molar-refractivity contribution in [1.82, 2.24) is 0 Å². The molecule has 0 aliphatic carbocycles. The topological polar surface area (TPSA) is 29.5 Å². The van der Waals surface area contributed by atoms with Gasteiger partial charge in [0, 0.05) is 5.39 Å². The second kappa shape index (κ2) is 7.48. The van der Waals surface area contributed by atoms with Gasteiger partial charge in [-0.25, -0.2) is 18.5 Å². The van der Waals surface area contributed by atoms with E-state index in [-0.39, 0.29) is 0 Å². The van der Waals surface area contributed by atoms with E-state index in [2.05, 4.69) is 0 Å². The van der Waals surface area contributed by atoms with E-state index in [0.717, 1.165) is 10.8 Å². The van der Waals surface area contributed by atoms with E-state index >= 15 is 0 Å². The van der Waals surface area contributed by atoms with E-state index in [4.69, 9.17) is 4.74 Å². The number of hydrogen-bond acceptors (Lipinski definition) is 2. The van der Waals surface area contributed by atoms with Gasteiger partial charge in [-0.1, -0.05) is 36.4 Å². The molecule has 0 radical (unpaired) electrons. The zero-order valence-electron chi connectivity index (χ0n) is 14.7. The number of fused-ring (bicyclic) bond motifs is 1. The van der Waals surface area contributed by atoms with Crippen molar-refractivity contribution < 1.29 is 18.3 Å². The van der Waals surface area contributed by atoms with E-state index in [0.29, 0.717) is 17.1 Å². The van der Waals surface area contributed by atoms with Crippen LogP contribution in [0.1, 0.15) is 0 Å². The largest absolute Gasteiger partial charge is 0.424 e. The van der Waals surface area contributed by atoms with Crippen LogP contribution < -0.4 is 9.64 Å². The maximum Gasteiger partial charge on any atom is 0.424 e. The molecular weight excluding hydrogens is 360 g/mol. The van der Waals surface area contributed by atoms with Crippen LogP contribution in [0.3, 0.4) is 0 Å². The number of rotatable bonds is 3. The van der Waals surface area contributed by atoms with Crippen molar-refractivity contribution in [2.75, 3.05) is 4.90 Å². The number of carbonyl (C=O) groups excluding carboxylic acids is 1. The monoisotopic (exact) mass is 375 g/mol. The maximum atomic E-state index is 13.3. The van der Waals surface area contributed by atoms with Crippen LogP contribution in [-0.4, -0.2) is 6.09 Å². The summed E-state index contributed by atoms with van der Waals surface area (Å²) < 4.78 is 32.3. The molecule has 0 saturated heterocycles. The van der Waals surface area contributed by atoms with Crippen molar-refractivity contribution in [1.29, 1.82) is 0 Å². The zero-order chi connectivity index (χ0) is 19.5. The minimum absolute atomic E-state index is 0.400. The highest BCUT2D eigenvalue weighted by atomic mass is 19.1. The highest BCUT2D eigenvalue weighted by molar-refractivity contribution is 5.99. The molecule has 0 aliphatic rings. The standard InChI is InChI=1S/C23H15F2NO2/c24-17-8-12-19(13-9-17)26(20-14-10-18(25)11-15-20)23(27)28-22-7-3-5-16-4-1-2-6-21(16)22/h1-15H. The number of benzene rings is 4. The highest BCUT2D eigenvalue weighted by Crippen LogP contribution is 2.30. The molecule has 0 N–H and O–H groups in total. The molecule has 28 heavy (non-hydrogen) atoms. The summed E-state index contributed by atoms with van der Waals surface area (Å²) in [7, 11) is 0. The lowest BCUT2D eigenvalue weighted by Crippen LogP contribution is -2.29. The predicted molar refractivity (Wildman–Crippen MR) is 105 cm³/mol. The van der Waals surface area contributed by atoms with Crippen molar-refractivity contribution in [3.05, 3.63) is 103 Å². The third kappa shape index (κ3) is 3.55. The first-order chi connectivity index (χ1) is 13.6. The molecule has 0 aliphatic heterocycles. The Labute approximate surface area is 160 Å². The average Bonchev–Trinajstić information content (AvgIpc) is 2.71. The number of carbonyl (C=O) groups is 1. The van der Waals surface area contributed by atoms with E-state index in [1.165, 1.54) is 53.4 Å². The predicted octanol–water partition coefficient (Wildman–Crippen LogP) is 6.46. The molecule has 5 heteroatoms. The van der Waals surface area contributed by atoms with Crippen LogP contribution in [0, 0.1) is 11.6 Å². The van der Waals surface area contributed by atoms with Gasteiger partial charge in [-0.3, -0.25) is 0 Å². The van der Waals surface area contributed by atoms with Crippen LogP contribution in [0.15, 0.2) is 91.0 Å². The SMILES string of the molecule is O=C(Oc1cccc2ccccc12)N(c1ccc(F)cc1)c1ccc(F)cc1. The molecule has 3 nitrogen and oxygen atoms in total. The van der Waals surface area contributed by atoms with Crippen molar-refractivity contribution in [3.8, 4) is 5.75 Å². The Morgan fingerprint density at radius 3 is 1.82 bits per heavy atom. The number of anilines is 2. The fourth-order valence-electron chi connectivity index (χ4n) is 2.96. The smallest absolute Gasteiger partial charge is 0.409 e. The Hall–Kier alpha value is -3.73. The summed E-state index contributed by atoms with van der Waals surface area (Å²) in [6.07, 6.45) is -0.686. The van der Waals surface area contributed by atoms with E-state index in [1.54, 1.807) is 12.1 Å². The van der Waals surface area contributed by atoms with Crippen LogP contribution in [0.25, 0.3) is 10.8 Å². The molecule has 138 valence electrons. The molecule has 4 rings (SSSR count). The average molecular weight is 375 g/mol. The molecule has 4 aromatic rings. The van der Waals surface area contributed by atoms with Gasteiger partial charge in [0.25, 0.3) is 0 Å². The molecule has 0 aromatic heterocycles. The number of halogens is 2. The summed E-state index contributed by atoms with van der Waals surface area (Å²) >= 11 is 0. The van der Waals surface area contributed by atoms with Gasteiger partial charge in [-0.15, -0.1) is 0 Å².